The summed E-state index contributed by atoms with van der Waals surface area (Å²) in [4.78, 5) is 36.6. The van der Waals surface area contributed by atoms with Crippen LogP contribution in [0.5, 0.6) is 0 Å². The molecule has 0 radical (unpaired) electrons. The number of hydrogen-bond acceptors (Lipinski definition) is 15. The lowest BCUT2D eigenvalue weighted by atomic mass is 9.68. The molecule has 75 heavy (non-hydrogen) atoms. The van der Waals surface area contributed by atoms with E-state index in [1.165, 1.54) is 38.4 Å². The fourth-order valence-corrected chi connectivity index (χ4v) is 12.0. The normalized spacial score (nSPS) is 38.0. The maximum atomic E-state index is 14.7. The highest BCUT2D eigenvalue weighted by Gasteiger charge is 2.55. The number of esters is 1. The van der Waals surface area contributed by atoms with Gasteiger partial charge in [0.25, 0.3) is 5.91 Å². The first-order valence-corrected chi connectivity index (χ1v) is 26.7. The number of likely N-dealkylation sites (N-methyl/N-ethyl adjacent to an activating group) is 1. The molecule has 6 N–H and O–H groups in total. The lowest BCUT2D eigenvalue weighted by Gasteiger charge is -2.51. The summed E-state index contributed by atoms with van der Waals surface area (Å²) in [6, 6.07) is 6.17. The third kappa shape index (κ3) is 14.3. The van der Waals surface area contributed by atoms with E-state index in [9.17, 15) is 43.2 Å². The van der Waals surface area contributed by atoms with Crippen molar-refractivity contribution in [3.8, 4) is 0 Å². The number of amides is 1. The predicted octanol–water partition coefficient (Wildman–Crippen LogP) is 7.27. The van der Waals surface area contributed by atoms with E-state index < -0.39 is 113 Å². The van der Waals surface area contributed by atoms with Crippen molar-refractivity contribution in [1.82, 2.24) is 20.1 Å². The van der Waals surface area contributed by atoms with Gasteiger partial charge in [-0.15, -0.1) is 6.58 Å². The lowest BCUT2D eigenvalue weighted by molar-refractivity contribution is -0.302. The topological polar surface area (TPSA) is 205 Å². The highest BCUT2D eigenvalue weighted by Crippen LogP contribution is 2.45. The average Bonchev–Trinajstić information content (AvgIpc) is 3.35. The molecule has 1 unspecified atom stereocenters. The van der Waals surface area contributed by atoms with Crippen LogP contribution in [-0.4, -0.2) is 166 Å². The number of cyclic esters (lactones) is 1. The third-order valence-corrected chi connectivity index (χ3v) is 17.1. The van der Waals surface area contributed by atoms with Gasteiger partial charge in [-0.2, -0.15) is 13.2 Å². The first kappa shape index (κ1) is 62.1. The number of carbonyl (C=O) groups is 2. The van der Waals surface area contributed by atoms with Gasteiger partial charge < -0.3 is 64.5 Å². The second-order valence-corrected chi connectivity index (χ2v) is 22.6. The quantitative estimate of drug-likeness (QED) is 0.0626. The van der Waals surface area contributed by atoms with E-state index in [-0.39, 0.29) is 59.9 Å². The third-order valence-electron chi connectivity index (χ3n) is 17.1. The highest BCUT2D eigenvalue weighted by molar-refractivity contribution is 5.99. The summed E-state index contributed by atoms with van der Waals surface area (Å²) in [5, 5.41) is 54.7. The second kappa shape index (κ2) is 25.4. The van der Waals surface area contributed by atoms with E-state index in [2.05, 4.69) is 27.1 Å². The summed E-state index contributed by atoms with van der Waals surface area (Å²) in [5.41, 5.74) is -4.68. The van der Waals surface area contributed by atoms with Crippen LogP contribution >= 0.6 is 0 Å². The molecule has 3 aliphatic heterocycles. The number of carbonyl (C=O) groups excluding carboxylic acids is 2. The van der Waals surface area contributed by atoms with E-state index in [4.69, 9.17) is 23.7 Å². The van der Waals surface area contributed by atoms with Crippen LogP contribution in [0, 0.1) is 36.5 Å². The number of aromatic nitrogens is 1. The molecule has 3 saturated heterocycles. The Morgan fingerprint density at radius 2 is 1.73 bits per heavy atom. The number of halogens is 3. The molecular weight excluding hydrogens is 976 g/mol. The van der Waals surface area contributed by atoms with Gasteiger partial charge in [0.2, 0.25) is 0 Å². The van der Waals surface area contributed by atoms with Crippen LogP contribution in [-0.2, 0) is 34.7 Å². The first-order chi connectivity index (χ1) is 34.9. The van der Waals surface area contributed by atoms with Gasteiger partial charge in [0.05, 0.1) is 52.7 Å². The van der Waals surface area contributed by atoms with Gasteiger partial charge in [0.15, 0.2) is 6.29 Å². The van der Waals surface area contributed by atoms with Crippen LogP contribution < -0.4 is 10.6 Å². The maximum Gasteiger partial charge on any atom is 0.416 e. The van der Waals surface area contributed by atoms with Gasteiger partial charge in [0.1, 0.15) is 29.7 Å². The summed E-state index contributed by atoms with van der Waals surface area (Å²) in [6.45, 7) is 24.9. The molecule has 5 rings (SSSR count). The van der Waals surface area contributed by atoms with Crippen LogP contribution in [0.4, 0.5) is 24.7 Å². The summed E-state index contributed by atoms with van der Waals surface area (Å²) in [7, 11) is 5.33. The molecule has 0 spiro atoms. The summed E-state index contributed by atoms with van der Waals surface area (Å²) in [5.74, 6) is -3.99. The van der Waals surface area contributed by atoms with Crippen molar-refractivity contribution in [2.45, 2.75) is 192 Å². The van der Waals surface area contributed by atoms with E-state index >= 15 is 0 Å². The molecule has 424 valence electrons. The average molecular weight is 1060 g/mol. The number of benzene rings is 1. The van der Waals surface area contributed by atoms with Crippen molar-refractivity contribution in [2.75, 3.05) is 46.2 Å². The Hall–Kier alpha value is -3.76. The van der Waals surface area contributed by atoms with Crippen molar-refractivity contribution in [3.05, 3.63) is 65.9 Å². The van der Waals surface area contributed by atoms with Gasteiger partial charge in [0, 0.05) is 62.4 Å². The van der Waals surface area contributed by atoms with E-state index in [1.54, 1.807) is 46.8 Å². The number of nitrogens with one attached hydrogen (secondary N) is 2. The van der Waals surface area contributed by atoms with Gasteiger partial charge >= 0.3 is 12.1 Å². The molecule has 1 aromatic carbocycles. The Labute approximate surface area is 443 Å². The molecule has 1 aromatic heterocycles. The number of ether oxygens (including phenoxy) is 5. The Bertz CT molecular complexity index is 2220. The number of hydrogen-bond donors (Lipinski definition) is 6. The zero-order valence-electron chi connectivity index (χ0n) is 46.7. The fourth-order valence-electron chi connectivity index (χ4n) is 12.0. The summed E-state index contributed by atoms with van der Waals surface area (Å²) < 4.78 is 73.4. The number of rotatable bonds is 14. The minimum absolute atomic E-state index is 0.0316. The molecule has 3 aliphatic rings. The van der Waals surface area contributed by atoms with Crippen molar-refractivity contribution < 1.29 is 66.9 Å². The van der Waals surface area contributed by atoms with Crippen molar-refractivity contribution in [3.63, 3.8) is 0 Å². The number of alkyl halides is 3. The lowest BCUT2D eigenvalue weighted by Crippen LogP contribution is -2.62. The monoisotopic (exact) mass is 1060 g/mol. The zero-order chi connectivity index (χ0) is 56.1. The molecule has 1 amide bonds. The van der Waals surface area contributed by atoms with Crippen LogP contribution in [0.25, 0.3) is 0 Å². The van der Waals surface area contributed by atoms with E-state index in [1.807, 2.05) is 53.6 Å². The predicted molar refractivity (Wildman–Crippen MR) is 280 cm³/mol. The Morgan fingerprint density at radius 1 is 1.05 bits per heavy atom. The summed E-state index contributed by atoms with van der Waals surface area (Å²) >= 11 is 0. The van der Waals surface area contributed by atoms with Crippen molar-refractivity contribution in [1.29, 1.82) is 0 Å². The Kier molecular flexibility index (Phi) is 21.0. The molecule has 0 bridgehead atoms. The molecule has 3 fully saturated rings. The highest BCUT2D eigenvalue weighted by atomic mass is 19.4. The fraction of sp³-hybridized carbons (Fsp3) is 0.732. The van der Waals surface area contributed by atoms with Gasteiger partial charge in [-0.3, -0.25) is 9.59 Å². The van der Waals surface area contributed by atoms with Crippen LogP contribution in [0.1, 0.15) is 123 Å². The zero-order valence-corrected chi connectivity index (χ0v) is 46.7. The molecule has 19 heteroatoms. The number of aliphatic hydroxyl groups excluding tert-OH is 2. The minimum atomic E-state index is -4.56. The van der Waals surface area contributed by atoms with Gasteiger partial charge in [-0.25, -0.2) is 4.98 Å². The SMILES string of the molecule is C=C[C@H]1CN(C)[C@H](C)[C@@H](C)[C@](C)(O)[C@@H](CC)OC(=O)[C@H](C)[C@@H](C2C[C@@](C)(OC)[C@@H](O)[C@H](C)O2)[C@H](C)[C@@H](O[C@@H]2O[C@H](C)C[C@H](N(C)CCCNC(=O)c3cccnc3Nc3cccc(C(F)(F)F)c3C)[C@H]2O)[C@](C)(O)C1. The van der Waals surface area contributed by atoms with Crippen LogP contribution in [0.15, 0.2) is 49.2 Å². The number of methoxy groups -OCH3 is 1. The molecular formula is C56H88F3N5O11. The molecule has 0 saturated carbocycles. The number of aliphatic hydroxyl groups is 4. The molecule has 2 aromatic rings. The number of pyridine rings is 1. The molecule has 4 heterocycles. The van der Waals surface area contributed by atoms with Crippen molar-refractivity contribution in [2.24, 2.45) is 29.6 Å². The molecule has 18 atom stereocenters. The van der Waals surface area contributed by atoms with Gasteiger partial charge in [-0.05, 0) is 136 Å². The number of anilines is 2. The molecule has 0 aliphatic carbocycles. The van der Waals surface area contributed by atoms with E-state index in [0.29, 0.717) is 32.4 Å². The Balaban J connectivity index is 1.42. The number of nitrogens with zero attached hydrogens (tertiary/aromatic N) is 3. The van der Waals surface area contributed by atoms with Crippen molar-refractivity contribution >= 4 is 23.4 Å². The molecule has 16 nitrogen and oxygen atoms in total. The van der Waals surface area contributed by atoms with Crippen LogP contribution in [0.2, 0.25) is 0 Å². The first-order valence-electron chi connectivity index (χ1n) is 26.7. The van der Waals surface area contributed by atoms with E-state index in [0.717, 1.165) is 6.07 Å². The Morgan fingerprint density at radius 3 is 2.36 bits per heavy atom. The smallest absolute Gasteiger partial charge is 0.416 e. The standard InChI is InChI=1S/C56H88F3N5O11/c1-16-38-28-53(10,69)48(33(5)45(43-29-54(11,71-15)47(66)37(9)73-43)34(6)51(68)74-44(17-2)55(12,70)35(7)36(8)64(14)30-38)75-52-46(65)42(27-31(3)72-52)63(13)26-20-25-61-50(67)39-21-19-24-60-49(39)62-41-23-18-22-40(32(41)4)56(57,58)59/h16,18-19,21-24,31,33-38,42-48,52,65-66,69-70H,1,17,20,25-30H2,2-15H3,(H,60,62)(H,61,67)/t31-,33+,34-,35-,36-,37+,38-,42+,43?,44-,45+,46-,47+,48-,52+,53-,54-,55+/m1/s1. The maximum absolute atomic E-state index is 14.7. The second-order valence-electron chi connectivity index (χ2n) is 22.6. The largest absolute Gasteiger partial charge is 0.459 e. The summed E-state index contributed by atoms with van der Waals surface area (Å²) in [6.07, 6.45) is -7.14. The minimum Gasteiger partial charge on any atom is -0.459 e. The van der Waals surface area contributed by atoms with Crippen LogP contribution in [0.3, 0.4) is 0 Å². The van der Waals surface area contributed by atoms with Gasteiger partial charge in [-0.1, -0.05) is 39.8 Å².